The van der Waals surface area contributed by atoms with E-state index in [-0.39, 0.29) is 12.5 Å². The fraction of sp³-hybridized carbons (Fsp3) is 0.278. The Balaban J connectivity index is 1.91. The third kappa shape index (κ3) is 4.72. The number of carbonyl (C=O) groups excluding carboxylic acids is 1. The number of anilines is 1. The molecule has 0 aromatic heterocycles. The maximum absolute atomic E-state index is 12.1. The van der Waals surface area contributed by atoms with E-state index in [1.165, 1.54) is 11.1 Å². The Kier molecular flexibility index (Phi) is 6.00. The van der Waals surface area contributed by atoms with Crippen LogP contribution in [0.2, 0.25) is 0 Å². The molecule has 2 aromatic rings. The number of rotatable bonds is 7. The lowest BCUT2D eigenvalue weighted by Crippen LogP contribution is -2.28. The Bertz CT molecular complexity index is 671. The fourth-order valence-electron chi connectivity index (χ4n) is 2.23. The van der Waals surface area contributed by atoms with Crippen molar-refractivity contribution in [3.05, 3.63) is 53.6 Å². The van der Waals surface area contributed by atoms with Crippen molar-refractivity contribution in [1.29, 1.82) is 0 Å². The first-order chi connectivity index (χ1) is 11.1. The summed E-state index contributed by atoms with van der Waals surface area (Å²) < 4.78 is 10.4. The van der Waals surface area contributed by atoms with Gasteiger partial charge in [0.1, 0.15) is 11.5 Å². The Morgan fingerprint density at radius 2 is 1.87 bits per heavy atom. The van der Waals surface area contributed by atoms with Crippen LogP contribution >= 0.6 is 0 Å². The minimum absolute atomic E-state index is 0.134. The van der Waals surface area contributed by atoms with Gasteiger partial charge in [0.25, 0.3) is 0 Å². The first-order valence-corrected chi connectivity index (χ1v) is 7.41. The van der Waals surface area contributed by atoms with E-state index in [1.807, 2.05) is 18.2 Å². The van der Waals surface area contributed by atoms with Crippen molar-refractivity contribution >= 4 is 11.6 Å². The number of hydrogen-bond acceptors (Lipinski definition) is 4. The average Bonchev–Trinajstić information content (AvgIpc) is 2.56. The Morgan fingerprint density at radius 1 is 1.09 bits per heavy atom. The molecule has 5 heteroatoms. The Labute approximate surface area is 136 Å². The summed E-state index contributed by atoms with van der Waals surface area (Å²) >= 11 is 0. The third-order valence-electron chi connectivity index (χ3n) is 3.54. The topological polar surface area (TPSA) is 59.6 Å². The molecule has 0 aliphatic heterocycles. The average molecular weight is 314 g/mol. The summed E-state index contributed by atoms with van der Waals surface area (Å²) in [6.07, 6.45) is 0. The number of carbonyl (C=O) groups is 1. The van der Waals surface area contributed by atoms with Gasteiger partial charge in [-0.25, -0.2) is 0 Å². The standard InChI is InChI=1S/C18H22N2O3/c1-13-6-4-5-7-14(13)11-19-12-18(21)20-16-10-15(22-2)8-9-17(16)23-3/h4-10,19H,11-12H2,1-3H3,(H,20,21). The molecular weight excluding hydrogens is 292 g/mol. The summed E-state index contributed by atoms with van der Waals surface area (Å²) in [5, 5.41) is 5.98. The zero-order valence-electron chi connectivity index (χ0n) is 13.7. The van der Waals surface area contributed by atoms with Crippen LogP contribution in [0.3, 0.4) is 0 Å². The molecule has 122 valence electrons. The molecule has 0 atom stereocenters. The molecule has 5 nitrogen and oxygen atoms in total. The molecule has 0 saturated heterocycles. The molecule has 0 radical (unpaired) electrons. The minimum Gasteiger partial charge on any atom is -0.497 e. The van der Waals surface area contributed by atoms with Crippen LogP contribution in [0.4, 0.5) is 5.69 Å². The van der Waals surface area contributed by atoms with E-state index in [9.17, 15) is 4.79 Å². The van der Waals surface area contributed by atoms with Crippen LogP contribution < -0.4 is 20.1 Å². The molecule has 2 rings (SSSR count). The van der Waals surface area contributed by atoms with Crippen molar-refractivity contribution in [3.8, 4) is 11.5 Å². The van der Waals surface area contributed by atoms with Gasteiger partial charge in [-0.05, 0) is 30.2 Å². The molecule has 0 fully saturated rings. The second-order valence-corrected chi connectivity index (χ2v) is 5.14. The van der Waals surface area contributed by atoms with Gasteiger partial charge in [-0.15, -0.1) is 0 Å². The number of benzene rings is 2. The van der Waals surface area contributed by atoms with E-state index in [4.69, 9.17) is 9.47 Å². The number of methoxy groups -OCH3 is 2. The van der Waals surface area contributed by atoms with Crippen molar-refractivity contribution in [1.82, 2.24) is 5.32 Å². The molecule has 23 heavy (non-hydrogen) atoms. The molecular formula is C18H22N2O3. The number of nitrogens with one attached hydrogen (secondary N) is 2. The van der Waals surface area contributed by atoms with E-state index < -0.39 is 0 Å². The molecule has 2 aromatic carbocycles. The second-order valence-electron chi connectivity index (χ2n) is 5.14. The van der Waals surface area contributed by atoms with E-state index in [0.717, 1.165) is 0 Å². The highest BCUT2D eigenvalue weighted by atomic mass is 16.5. The largest absolute Gasteiger partial charge is 0.497 e. The zero-order valence-corrected chi connectivity index (χ0v) is 13.7. The van der Waals surface area contributed by atoms with Crippen LogP contribution in [-0.2, 0) is 11.3 Å². The van der Waals surface area contributed by atoms with Gasteiger partial charge in [0.2, 0.25) is 5.91 Å². The first kappa shape index (κ1) is 16.8. The van der Waals surface area contributed by atoms with Crippen molar-refractivity contribution in [2.75, 3.05) is 26.1 Å². The summed E-state index contributed by atoms with van der Waals surface area (Å²) in [7, 11) is 3.14. The van der Waals surface area contributed by atoms with Gasteiger partial charge in [-0.1, -0.05) is 24.3 Å². The first-order valence-electron chi connectivity index (χ1n) is 7.41. The molecule has 0 aliphatic carbocycles. The van der Waals surface area contributed by atoms with Crippen molar-refractivity contribution in [2.24, 2.45) is 0 Å². The molecule has 2 N–H and O–H groups in total. The summed E-state index contributed by atoms with van der Waals surface area (Å²) in [5.41, 5.74) is 2.98. The van der Waals surface area contributed by atoms with Gasteiger partial charge in [-0.3, -0.25) is 4.79 Å². The maximum atomic E-state index is 12.1. The minimum atomic E-state index is -0.134. The maximum Gasteiger partial charge on any atom is 0.238 e. The SMILES string of the molecule is COc1ccc(OC)c(NC(=O)CNCc2ccccc2C)c1. The van der Waals surface area contributed by atoms with Crippen LogP contribution in [-0.4, -0.2) is 26.7 Å². The molecule has 1 amide bonds. The number of ether oxygens (including phenoxy) is 2. The zero-order chi connectivity index (χ0) is 16.7. The van der Waals surface area contributed by atoms with Crippen LogP contribution in [0.25, 0.3) is 0 Å². The predicted molar refractivity (Wildman–Crippen MR) is 91.1 cm³/mol. The second kappa shape index (κ2) is 8.19. The lowest BCUT2D eigenvalue weighted by molar-refractivity contribution is -0.115. The van der Waals surface area contributed by atoms with Crippen molar-refractivity contribution in [3.63, 3.8) is 0 Å². The number of hydrogen-bond donors (Lipinski definition) is 2. The lowest BCUT2D eigenvalue weighted by Gasteiger charge is -2.12. The third-order valence-corrected chi connectivity index (χ3v) is 3.54. The van der Waals surface area contributed by atoms with E-state index in [0.29, 0.717) is 23.7 Å². The van der Waals surface area contributed by atoms with Crippen LogP contribution in [0.15, 0.2) is 42.5 Å². The van der Waals surface area contributed by atoms with Gasteiger partial charge in [0.15, 0.2) is 0 Å². The van der Waals surface area contributed by atoms with Gasteiger partial charge in [-0.2, -0.15) is 0 Å². The van der Waals surface area contributed by atoms with Crippen LogP contribution in [0.5, 0.6) is 11.5 Å². The van der Waals surface area contributed by atoms with Gasteiger partial charge >= 0.3 is 0 Å². The molecule has 0 heterocycles. The smallest absolute Gasteiger partial charge is 0.238 e. The van der Waals surface area contributed by atoms with Crippen molar-refractivity contribution in [2.45, 2.75) is 13.5 Å². The Hall–Kier alpha value is -2.53. The molecule has 0 unspecified atom stereocenters. The number of aryl methyl sites for hydroxylation is 1. The van der Waals surface area contributed by atoms with Gasteiger partial charge in [0.05, 0.1) is 26.5 Å². The van der Waals surface area contributed by atoms with Crippen molar-refractivity contribution < 1.29 is 14.3 Å². The van der Waals surface area contributed by atoms with E-state index in [2.05, 4.69) is 23.6 Å². The van der Waals surface area contributed by atoms with E-state index >= 15 is 0 Å². The summed E-state index contributed by atoms with van der Waals surface area (Å²) in [6.45, 7) is 2.92. The number of amides is 1. The molecule has 0 bridgehead atoms. The highest BCUT2D eigenvalue weighted by molar-refractivity contribution is 5.93. The lowest BCUT2D eigenvalue weighted by atomic mass is 10.1. The van der Waals surface area contributed by atoms with Crippen LogP contribution in [0, 0.1) is 6.92 Å². The van der Waals surface area contributed by atoms with Gasteiger partial charge in [0, 0.05) is 12.6 Å². The van der Waals surface area contributed by atoms with E-state index in [1.54, 1.807) is 32.4 Å². The predicted octanol–water partition coefficient (Wildman–Crippen LogP) is 2.74. The summed E-state index contributed by atoms with van der Waals surface area (Å²) in [4.78, 5) is 12.1. The Morgan fingerprint density at radius 3 is 2.57 bits per heavy atom. The van der Waals surface area contributed by atoms with Gasteiger partial charge < -0.3 is 20.1 Å². The summed E-state index contributed by atoms with van der Waals surface area (Å²) in [5.74, 6) is 1.12. The normalized spacial score (nSPS) is 10.2. The summed E-state index contributed by atoms with van der Waals surface area (Å²) in [6, 6.07) is 13.4. The quantitative estimate of drug-likeness (QED) is 0.825. The fourth-order valence-corrected chi connectivity index (χ4v) is 2.23. The molecule has 0 aliphatic rings. The molecule has 0 saturated carbocycles. The molecule has 0 spiro atoms. The van der Waals surface area contributed by atoms with Crippen LogP contribution in [0.1, 0.15) is 11.1 Å². The monoisotopic (exact) mass is 314 g/mol. The highest BCUT2D eigenvalue weighted by Crippen LogP contribution is 2.28. The highest BCUT2D eigenvalue weighted by Gasteiger charge is 2.09.